The van der Waals surface area contributed by atoms with Gasteiger partial charge in [0.05, 0.1) is 0 Å². The number of nitrogens with zero attached hydrogens (tertiary/aromatic N) is 1. The van der Waals surface area contributed by atoms with Crippen molar-refractivity contribution in [2.45, 2.75) is 0 Å². The van der Waals surface area contributed by atoms with Crippen molar-refractivity contribution in [3.05, 3.63) is 36.0 Å². The van der Waals surface area contributed by atoms with Crippen LogP contribution >= 0.6 is 0 Å². The fraction of sp³-hybridized carbons (Fsp3) is 0.0909. The van der Waals surface area contributed by atoms with E-state index >= 15 is 0 Å². The first kappa shape index (κ1) is 9.45. The molecule has 0 atom stereocenters. The third-order valence-corrected chi connectivity index (χ3v) is 2.16. The maximum Gasteiger partial charge on any atom is 0.269 e. The zero-order chi connectivity index (χ0) is 10.8. The molecule has 1 heterocycles. The number of carbonyl (C=O) groups excluding carboxylic acids is 1. The summed E-state index contributed by atoms with van der Waals surface area (Å²) >= 11 is 0. The van der Waals surface area contributed by atoms with Crippen molar-refractivity contribution in [1.29, 1.82) is 0 Å². The Morgan fingerprint density at radius 3 is 2.87 bits per heavy atom. The lowest BCUT2D eigenvalue weighted by Gasteiger charge is -2.02. The van der Waals surface area contributed by atoms with E-state index in [1.807, 2.05) is 6.07 Å². The van der Waals surface area contributed by atoms with E-state index in [9.17, 15) is 9.90 Å². The summed E-state index contributed by atoms with van der Waals surface area (Å²) in [6, 6.07) is 8.49. The molecule has 0 aliphatic rings. The number of aromatic hydroxyl groups is 1. The van der Waals surface area contributed by atoms with Crippen LogP contribution in [0.15, 0.2) is 30.3 Å². The van der Waals surface area contributed by atoms with Gasteiger partial charge in [0.1, 0.15) is 17.0 Å². The molecule has 2 N–H and O–H groups in total. The van der Waals surface area contributed by atoms with Crippen LogP contribution in [0.1, 0.15) is 10.5 Å². The van der Waals surface area contributed by atoms with Crippen molar-refractivity contribution in [3.63, 3.8) is 0 Å². The van der Waals surface area contributed by atoms with E-state index in [0.717, 1.165) is 5.39 Å². The molecule has 1 aromatic heterocycles. The molecule has 0 unspecified atom stereocenters. The van der Waals surface area contributed by atoms with E-state index in [2.05, 4.69) is 10.3 Å². The molecule has 2 rings (SSSR count). The number of phenols is 1. The van der Waals surface area contributed by atoms with Crippen LogP contribution in [0.2, 0.25) is 0 Å². The van der Waals surface area contributed by atoms with Gasteiger partial charge in [0.25, 0.3) is 5.91 Å². The highest BCUT2D eigenvalue weighted by Crippen LogP contribution is 2.22. The van der Waals surface area contributed by atoms with Gasteiger partial charge in [-0.15, -0.1) is 0 Å². The molecule has 1 amide bonds. The predicted octanol–water partition coefficient (Wildman–Crippen LogP) is 1.30. The molecule has 0 radical (unpaired) electrons. The Morgan fingerprint density at radius 2 is 2.13 bits per heavy atom. The van der Waals surface area contributed by atoms with E-state index in [0.29, 0.717) is 11.2 Å². The van der Waals surface area contributed by atoms with Gasteiger partial charge in [0.2, 0.25) is 0 Å². The summed E-state index contributed by atoms with van der Waals surface area (Å²) in [7, 11) is 1.54. The second-order valence-electron chi connectivity index (χ2n) is 3.12. The number of amides is 1. The Balaban J connectivity index is 2.64. The molecule has 4 heteroatoms. The van der Waals surface area contributed by atoms with Gasteiger partial charge in [-0.2, -0.15) is 0 Å². The fourth-order valence-electron chi connectivity index (χ4n) is 1.39. The van der Waals surface area contributed by atoms with Crippen LogP contribution in [0.3, 0.4) is 0 Å². The van der Waals surface area contributed by atoms with Crippen molar-refractivity contribution in [2.24, 2.45) is 0 Å². The molecule has 4 nitrogen and oxygen atoms in total. The number of pyridine rings is 1. The first-order valence-corrected chi connectivity index (χ1v) is 4.53. The Morgan fingerprint density at radius 1 is 1.33 bits per heavy atom. The van der Waals surface area contributed by atoms with E-state index in [1.165, 1.54) is 0 Å². The highest BCUT2D eigenvalue weighted by atomic mass is 16.3. The van der Waals surface area contributed by atoms with Gasteiger partial charge >= 0.3 is 0 Å². The fourth-order valence-corrected chi connectivity index (χ4v) is 1.39. The summed E-state index contributed by atoms with van der Waals surface area (Å²) in [4.78, 5) is 15.4. The van der Waals surface area contributed by atoms with E-state index in [1.54, 1.807) is 31.3 Å². The minimum atomic E-state index is -0.264. The van der Waals surface area contributed by atoms with Gasteiger partial charge in [-0.25, -0.2) is 4.98 Å². The van der Waals surface area contributed by atoms with Crippen LogP contribution in [-0.2, 0) is 0 Å². The normalized spacial score (nSPS) is 10.2. The van der Waals surface area contributed by atoms with Crippen LogP contribution in [0, 0.1) is 0 Å². The van der Waals surface area contributed by atoms with Gasteiger partial charge in [-0.1, -0.05) is 18.2 Å². The third kappa shape index (κ3) is 1.61. The quantitative estimate of drug-likeness (QED) is 0.732. The Labute approximate surface area is 86.6 Å². The monoisotopic (exact) mass is 202 g/mol. The van der Waals surface area contributed by atoms with Crippen LogP contribution in [0.5, 0.6) is 5.75 Å². The zero-order valence-corrected chi connectivity index (χ0v) is 8.19. The summed E-state index contributed by atoms with van der Waals surface area (Å²) in [5.41, 5.74) is 0.741. The molecular weight excluding hydrogens is 192 g/mol. The lowest BCUT2D eigenvalue weighted by Crippen LogP contribution is -2.18. The van der Waals surface area contributed by atoms with E-state index in [4.69, 9.17) is 0 Å². The van der Waals surface area contributed by atoms with Crippen LogP contribution in [0.25, 0.3) is 10.9 Å². The number of phenolic OH excluding ortho intramolecular Hbond substituents is 1. The zero-order valence-electron chi connectivity index (χ0n) is 8.19. The van der Waals surface area contributed by atoms with E-state index in [-0.39, 0.29) is 11.7 Å². The number of hydrogen-bond donors (Lipinski definition) is 2. The average molecular weight is 202 g/mol. The first-order chi connectivity index (χ1) is 7.22. The van der Waals surface area contributed by atoms with Gasteiger partial charge in [0.15, 0.2) is 0 Å². The third-order valence-electron chi connectivity index (χ3n) is 2.16. The number of hydrogen-bond acceptors (Lipinski definition) is 3. The molecule has 0 saturated heterocycles. The second-order valence-corrected chi connectivity index (χ2v) is 3.12. The SMILES string of the molecule is CNC(=O)c1ccc2cccc(O)c2n1. The Hall–Kier alpha value is -2.10. The number of rotatable bonds is 1. The predicted molar refractivity (Wildman–Crippen MR) is 56.8 cm³/mol. The maximum atomic E-state index is 11.3. The number of para-hydroxylation sites is 1. The molecule has 0 saturated carbocycles. The topological polar surface area (TPSA) is 62.2 Å². The second kappa shape index (κ2) is 3.57. The van der Waals surface area contributed by atoms with Crippen molar-refractivity contribution in [1.82, 2.24) is 10.3 Å². The number of fused-ring (bicyclic) bond motifs is 1. The standard InChI is InChI=1S/C11H10N2O2/c1-12-11(15)8-6-5-7-3-2-4-9(14)10(7)13-8/h2-6,14H,1H3,(H,12,15). The highest BCUT2D eigenvalue weighted by Gasteiger charge is 2.07. The minimum absolute atomic E-state index is 0.0817. The lowest BCUT2D eigenvalue weighted by atomic mass is 10.2. The number of benzene rings is 1. The van der Waals surface area contributed by atoms with Gasteiger partial charge < -0.3 is 10.4 Å². The lowest BCUT2D eigenvalue weighted by molar-refractivity contribution is 0.0958. The van der Waals surface area contributed by atoms with E-state index < -0.39 is 0 Å². The molecule has 76 valence electrons. The van der Waals surface area contributed by atoms with Crippen molar-refractivity contribution >= 4 is 16.8 Å². The summed E-state index contributed by atoms with van der Waals surface area (Å²) in [5, 5.41) is 12.8. The largest absolute Gasteiger partial charge is 0.506 e. The van der Waals surface area contributed by atoms with Crippen LogP contribution in [-0.4, -0.2) is 23.0 Å². The molecule has 0 aliphatic carbocycles. The average Bonchev–Trinajstić information content (AvgIpc) is 2.28. The Kier molecular flexibility index (Phi) is 2.25. The maximum absolute atomic E-state index is 11.3. The minimum Gasteiger partial charge on any atom is -0.506 e. The number of nitrogens with one attached hydrogen (secondary N) is 1. The van der Waals surface area contributed by atoms with Gasteiger partial charge in [0, 0.05) is 12.4 Å². The molecular formula is C11H10N2O2. The van der Waals surface area contributed by atoms with Gasteiger partial charge in [-0.05, 0) is 12.1 Å². The number of carbonyl (C=O) groups is 1. The van der Waals surface area contributed by atoms with Crippen LogP contribution < -0.4 is 5.32 Å². The Bertz CT molecular complexity index is 523. The summed E-state index contributed by atoms with van der Waals surface area (Å²) in [5.74, 6) is -0.182. The molecule has 0 bridgehead atoms. The summed E-state index contributed by atoms with van der Waals surface area (Å²) < 4.78 is 0. The molecule has 2 aromatic rings. The molecule has 0 fully saturated rings. The van der Waals surface area contributed by atoms with Crippen molar-refractivity contribution in [2.75, 3.05) is 7.05 Å². The van der Waals surface area contributed by atoms with Crippen molar-refractivity contribution < 1.29 is 9.90 Å². The number of aromatic nitrogens is 1. The van der Waals surface area contributed by atoms with Crippen LogP contribution in [0.4, 0.5) is 0 Å². The van der Waals surface area contributed by atoms with Gasteiger partial charge in [-0.3, -0.25) is 4.79 Å². The first-order valence-electron chi connectivity index (χ1n) is 4.53. The summed E-state index contributed by atoms with van der Waals surface area (Å²) in [6.45, 7) is 0. The molecule has 0 spiro atoms. The molecule has 0 aliphatic heterocycles. The molecule has 15 heavy (non-hydrogen) atoms. The molecule has 1 aromatic carbocycles. The summed E-state index contributed by atoms with van der Waals surface area (Å²) in [6.07, 6.45) is 0. The smallest absolute Gasteiger partial charge is 0.269 e. The van der Waals surface area contributed by atoms with Crippen molar-refractivity contribution in [3.8, 4) is 5.75 Å². The highest BCUT2D eigenvalue weighted by molar-refractivity contribution is 5.95.